The van der Waals surface area contributed by atoms with Gasteiger partial charge in [0.05, 0.1) is 12.2 Å². The monoisotopic (exact) mass is 433 g/mol. The van der Waals surface area contributed by atoms with Crippen LogP contribution in [0.5, 0.6) is 0 Å². The Morgan fingerprint density at radius 2 is 1.84 bits per heavy atom. The smallest absolute Gasteiger partial charge is 0.405 e. The van der Waals surface area contributed by atoms with Crippen LogP contribution in [0.3, 0.4) is 0 Å². The van der Waals surface area contributed by atoms with Crippen LogP contribution >= 0.6 is 0 Å². The molecule has 2 N–H and O–H groups in total. The number of nitrogens with zero attached hydrogens (tertiary/aromatic N) is 4. The number of carboxylic acid groups (broad SMARTS) is 1. The molecule has 1 fully saturated rings. The number of carbonyl (C=O) groups is 3. The van der Waals surface area contributed by atoms with Crippen molar-refractivity contribution in [3.8, 4) is 0 Å². The van der Waals surface area contributed by atoms with Gasteiger partial charge in [0.2, 0.25) is 5.91 Å². The average molecular weight is 434 g/mol. The highest BCUT2D eigenvalue weighted by Crippen LogP contribution is 2.37. The van der Waals surface area contributed by atoms with Gasteiger partial charge in [-0.1, -0.05) is 34.6 Å². The first-order valence-corrected chi connectivity index (χ1v) is 10.9. The van der Waals surface area contributed by atoms with Gasteiger partial charge in [-0.05, 0) is 37.0 Å². The Kier molecular flexibility index (Phi) is 6.08. The Bertz CT molecular complexity index is 862. The molecule has 3 amide bonds. The Balaban J connectivity index is 1.65. The minimum atomic E-state index is -1.19. The number of amides is 3. The van der Waals surface area contributed by atoms with Crippen molar-refractivity contribution in [2.24, 2.45) is 10.8 Å². The molecule has 0 saturated carbocycles. The molecule has 0 unspecified atom stereocenters. The van der Waals surface area contributed by atoms with Crippen LogP contribution in [0.2, 0.25) is 0 Å². The number of aromatic nitrogens is 2. The van der Waals surface area contributed by atoms with Crippen molar-refractivity contribution in [3.05, 3.63) is 17.7 Å². The van der Waals surface area contributed by atoms with Gasteiger partial charge >= 0.3 is 12.1 Å². The fraction of sp³-hybridized carbons (Fsp3) is 0.727. The summed E-state index contributed by atoms with van der Waals surface area (Å²) >= 11 is 0. The molecule has 9 heteroatoms. The normalized spacial score (nSPS) is 18.8. The van der Waals surface area contributed by atoms with E-state index in [-0.39, 0.29) is 23.4 Å². The lowest BCUT2D eigenvalue weighted by atomic mass is 9.71. The predicted molar refractivity (Wildman–Crippen MR) is 116 cm³/mol. The van der Waals surface area contributed by atoms with Crippen LogP contribution in [0.15, 0.2) is 6.20 Å². The number of piperidine rings is 1. The van der Waals surface area contributed by atoms with Crippen molar-refractivity contribution in [3.63, 3.8) is 0 Å². The minimum Gasteiger partial charge on any atom is -0.465 e. The first-order valence-electron chi connectivity index (χ1n) is 10.9. The van der Waals surface area contributed by atoms with Gasteiger partial charge < -0.3 is 20.2 Å². The van der Waals surface area contributed by atoms with Gasteiger partial charge in [0.15, 0.2) is 0 Å². The summed E-state index contributed by atoms with van der Waals surface area (Å²) in [4.78, 5) is 45.5. The number of hydrogen-bond acceptors (Lipinski definition) is 4. The molecule has 9 nitrogen and oxygen atoms in total. The van der Waals surface area contributed by atoms with Gasteiger partial charge in [-0.2, -0.15) is 0 Å². The largest absolute Gasteiger partial charge is 0.465 e. The number of hydrogen-bond donors (Lipinski definition) is 2. The van der Waals surface area contributed by atoms with Crippen LogP contribution in [0, 0.1) is 17.8 Å². The van der Waals surface area contributed by atoms with E-state index in [0.29, 0.717) is 38.9 Å². The summed E-state index contributed by atoms with van der Waals surface area (Å²) in [7, 11) is 0. The summed E-state index contributed by atoms with van der Waals surface area (Å²) in [5.74, 6) is 0.571. The third kappa shape index (κ3) is 5.02. The molecule has 1 atom stereocenters. The molecule has 1 aromatic rings. The molecule has 2 aliphatic heterocycles. The second-order valence-electron chi connectivity index (χ2n) is 10.7. The van der Waals surface area contributed by atoms with E-state index in [1.54, 1.807) is 15.7 Å². The quantitative estimate of drug-likeness (QED) is 0.742. The van der Waals surface area contributed by atoms with Crippen molar-refractivity contribution in [2.75, 3.05) is 13.1 Å². The van der Waals surface area contributed by atoms with Gasteiger partial charge in [-0.3, -0.25) is 9.36 Å². The SMILES string of the molecule is Cc1cn2c(n1)CN(C1CCN(C(=O)[C@H](NC(=O)O)C(C)(C)CC(C)(C)C)CC1)C2=O. The van der Waals surface area contributed by atoms with E-state index in [0.717, 1.165) is 11.5 Å². The van der Waals surface area contributed by atoms with Gasteiger partial charge in [0, 0.05) is 25.3 Å². The fourth-order valence-electron chi connectivity index (χ4n) is 5.23. The van der Waals surface area contributed by atoms with E-state index in [1.807, 2.05) is 25.7 Å². The number of fused-ring (bicyclic) bond motifs is 1. The number of likely N-dealkylation sites (tertiary alicyclic amines) is 1. The number of nitrogens with one attached hydrogen (secondary N) is 1. The molecular weight excluding hydrogens is 398 g/mol. The molecule has 0 radical (unpaired) electrons. The van der Waals surface area contributed by atoms with Crippen LogP contribution in [0.25, 0.3) is 0 Å². The number of rotatable bonds is 5. The molecule has 3 rings (SSSR count). The van der Waals surface area contributed by atoms with Crippen molar-refractivity contribution < 1.29 is 19.5 Å². The second-order valence-corrected chi connectivity index (χ2v) is 10.7. The van der Waals surface area contributed by atoms with Crippen molar-refractivity contribution in [2.45, 2.75) is 79.4 Å². The van der Waals surface area contributed by atoms with Gasteiger partial charge in [0.25, 0.3) is 0 Å². The first-order chi connectivity index (χ1) is 14.3. The molecule has 1 saturated heterocycles. The predicted octanol–water partition coefficient (Wildman–Crippen LogP) is 3.06. The third-order valence-corrected chi connectivity index (χ3v) is 6.16. The van der Waals surface area contributed by atoms with E-state index < -0.39 is 17.6 Å². The van der Waals surface area contributed by atoms with E-state index >= 15 is 0 Å². The average Bonchev–Trinajstić information content (AvgIpc) is 3.14. The Hall–Kier alpha value is -2.58. The van der Waals surface area contributed by atoms with E-state index in [4.69, 9.17) is 0 Å². The summed E-state index contributed by atoms with van der Waals surface area (Å²) in [5.41, 5.74) is 0.245. The van der Waals surface area contributed by atoms with Crippen molar-refractivity contribution in [1.29, 1.82) is 0 Å². The summed E-state index contributed by atoms with van der Waals surface area (Å²) in [6.07, 6.45) is 2.60. The molecule has 2 aliphatic rings. The van der Waals surface area contributed by atoms with Crippen molar-refractivity contribution >= 4 is 18.0 Å². The van der Waals surface area contributed by atoms with Crippen LogP contribution in [0.1, 0.15) is 65.4 Å². The topological polar surface area (TPSA) is 108 Å². The van der Waals surface area contributed by atoms with Crippen LogP contribution in [-0.4, -0.2) is 67.7 Å². The lowest BCUT2D eigenvalue weighted by Crippen LogP contribution is -2.58. The van der Waals surface area contributed by atoms with Crippen LogP contribution in [-0.2, 0) is 11.3 Å². The molecule has 31 heavy (non-hydrogen) atoms. The molecule has 0 bridgehead atoms. The standard InChI is InChI=1S/C22H35N5O4/c1-14-11-27-16(23-14)12-26(20(27)31)15-7-9-25(10-8-15)18(28)17(24-19(29)30)22(5,6)13-21(2,3)4/h11,15,17,24H,7-10,12-13H2,1-6H3,(H,29,30)/t17-/m0/s1. The summed E-state index contributed by atoms with van der Waals surface area (Å²) < 4.78 is 1.61. The number of aryl methyl sites for hydroxylation is 1. The fourth-order valence-corrected chi connectivity index (χ4v) is 5.23. The highest BCUT2D eigenvalue weighted by atomic mass is 16.4. The zero-order valence-corrected chi connectivity index (χ0v) is 19.4. The summed E-state index contributed by atoms with van der Waals surface area (Å²) in [5, 5.41) is 11.8. The maximum atomic E-state index is 13.3. The van der Waals surface area contributed by atoms with Gasteiger partial charge in [-0.15, -0.1) is 0 Å². The maximum absolute atomic E-state index is 13.3. The second kappa shape index (κ2) is 8.16. The first kappa shape index (κ1) is 23.1. The molecule has 3 heterocycles. The number of imidazole rings is 1. The highest BCUT2D eigenvalue weighted by Gasteiger charge is 2.43. The maximum Gasteiger partial charge on any atom is 0.405 e. The van der Waals surface area contributed by atoms with Crippen molar-refractivity contribution in [1.82, 2.24) is 24.7 Å². The highest BCUT2D eigenvalue weighted by molar-refractivity contribution is 5.86. The van der Waals surface area contributed by atoms with Gasteiger partial charge in [-0.25, -0.2) is 14.6 Å². The Morgan fingerprint density at radius 1 is 1.23 bits per heavy atom. The Morgan fingerprint density at radius 3 is 2.35 bits per heavy atom. The molecule has 172 valence electrons. The zero-order chi connectivity index (χ0) is 23.1. The van der Waals surface area contributed by atoms with Crippen LogP contribution < -0.4 is 5.32 Å². The molecule has 0 aliphatic carbocycles. The van der Waals surface area contributed by atoms with E-state index in [9.17, 15) is 19.5 Å². The molecule has 0 aromatic carbocycles. The molecular formula is C22H35N5O4. The lowest BCUT2D eigenvalue weighted by Gasteiger charge is -2.42. The summed E-state index contributed by atoms with van der Waals surface area (Å²) in [6.45, 7) is 13.5. The molecule has 0 spiro atoms. The van der Waals surface area contributed by atoms with Crippen LogP contribution in [0.4, 0.5) is 9.59 Å². The summed E-state index contributed by atoms with van der Waals surface area (Å²) in [6, 6.07) is -0.828. The van der Waals surface area contributed by atoms with E-state index in [2.05, 4.69) is 31.1 Å². The molecule has 1 aromatic heterocycles. The minimum absolute atomic E-state index is 0.0474. The van der Waals surface area contributed by atoms with E-state index in [1.165, 1.54) is 0 Å². The third-order valence-electron chi connectivity index (χ3n) is 6.16. The Labute approximate surface area is 183 Å². The number of carbonyl (C=O) groups excluding carboxylic acids is 2. The zero-order valence-electron chi connectivity index (χ0n) is 19.4. The lowest BCUT2D eigenvalue weighted by molar-refractivity contribution is -0.138. The van der Waals surface area contributed by atoms with Gasteiger partial charge in [0.1, 0.15) is 11.9 Å².